The largest absolute Gasteiger partial charge is 0.383 e. The summed E-state index contributed by atoms with van der Waals surface area (Å²) >= 11 is 0. The molecule has 0 amide bonds. The fourth-order valence-corrected chi connectivity index (χ4v) is 1.08. The topological polar surface area (TPSA) is 41.6 Å². The van der Waals surface area contributed by atoms with Crippen LogP contribution in [0, 0.1) is 0 Å². The van der Waals surface area contributed by atoms with Crippen molar-refractivity contribution in [1.29, 1.82) is 0 Å². The van der Waals surface area contributed by atoms with Gasteiger partial charge in [0.2, 0.25) is 0 Å². The minimum atomic E-state index is 0.379. The van der Waals surface area contributed by atoms with E-state index in [1.807, 2.05) is 18.0 Å². The number of nitrogens with two attached hydrogens (primary N) is 1. The van der Waals surface area contributed by atoms with Crippen molar-refractivity contribution in [3.05, 3.63) is 24.2 Å². The van der Waals surface area contributed by atoms with Gasteiger partial charge < -0.3 is 10.6 Å². The molecule has 1 rings (SSSR count). The van der Waals surface area contributed by atoms with Gasteiger partial charge in [-0.25, -0.2) is 4.99 Å². The second kappa shape index (κ2) is 3.01. The SMILES string of the molecule is C=C1N=C(N)C(C)=CN1C(C)C. The highest BCUT2D eigenvalue weighted by Crippen LogP contribution is 2.16. The number of hydrogen-bond acceptors (Lipinski definition) is 3. The molecule has 0 atom stereocenters. The van der Waals surface area contributed by atoms with Gasteiger partial charge in [-0.3, -0.25) is 0 Å². The minimum absolute atomic E-state index is 0.379. The maximum absolute atomic E-state index is 5.63. The van der Waals surface area contributed by atoms with Crippen molar-refractivity contribution in [2.24, 2.45) is 10.7 Å². The highest BCUT2D eigenvalue weighted by molar-refractivity contribution is 5.97. The Morgan fingerprint density at radius 3 is 2.67 bits per heavy atom. The summed E-state index contributed by atoms with van der Waals surface area (Å²) in [5.74, 6) is 1.28. The van der Waals surface area contributed by atoms with Crippen molar-refractivity contribution >= 4 is 5.84 Å². The van der Waals surface area contributed by atoms with Gasteiger partial charge in [-0.05, 0) is 20.8 Å². The van der Waals surface area contributed by atoms with Gasteiger partial charge in [0.15, 0.2) is 0 Å². The maximum atomic E-state index is 5.63. The van der Waals surface area contributed by atoms with Gasteiger partial charge in [-0.1, -0.05) is 6.58 Å². The van der Waals surface area contributed by atoms with Crippen LogP contribution in [0.5, 0.6) is 0 Å². The fraction of sp³-hybridized carbons (Fsp3) is 0.444. The van der Waals surface area contributed by atoms with Crippen LogP contribution in [-0.2, 0) is 0 Å². The first-order chi connectivity index (χ1) is 5.52. The summed E-state index contributed by atoms with van der Waals surface area (Å²) in [4.78, 5) is 6.13. The highest BCUT2D eigenvalue weighted by atomic mass is 15.2. The number of amidine groups is 1. The quantitative estimate of drug-likeness (QED) is 0.638. The molecule has 0 unspecified atom stereocenters. The molecule has 0 aromatic rings. The van der Waals surface area contributed by atoms with Crippen molar-refractivity contribution in [2.75, 3.05) is 0 Å². The molecule has 1 aliphatic rings. The van der Waals surface area contributed by atoms with Gasteiger partial charge in [0.1, 0.15) is 11.7 Å². The summed E-state index contributed by atoms with van der Waals surface area (Å²) in [5.41, 5.74) is 6.62. The summed E-state index contributed by atoms with van der Waals surface area (Å²) in [6, 6.07) is 0.379. The third-order valence-corrected chi connectivity index (χ3v) is 1.84. The lowest BCUT2D eigenvalue weighted by molar-refractivity contribution is 0.377. The van der Waals surface area contributed by atoms with Crippen LogP contribution < -0.4 is 5.73 Å². The lowest BCUT2D eigenvalue weighted by atomic mass is 10.2. The summed E-state index contributed by atoms with van der Waals surface area (Å²) in [6.07, 6.45) is 1.98. The molecular weight excluding hydrogens is 150 g/mol. The summed E-state index contributed by atoms with van der Waals surface area (Å²) in [6.45, 7) is 9.94. The predicted molar refractivity (Wildman–Crippen MR) is 51.5 cm³/mol. The molecule has 0 radical (unpaired) electrons. The Labute approximate surface area is 73.3 Å². The van der Waals surface area contributed by atoms with Gasteiger partial charge in [0, 0.05) is 17.8 Å². The molecule has 3 nitrogen and oxygen atoms in total. The van der Waals surface area contributed by atoms with Crippen molar-refractivity contribution < 1.29 is 0 Å². The first-order valence-corrected chi connectivity index (χ1v) is 4.02. The summed E-state index contributed by atoms with van der Waals surface area (Å²) in [7, 11) is 0. The molecule has 0 saturated carbocycles. The summed E-state index contributed by atoms with van der Waals surface area (Å²) < 4.78 is 0. The van der Waals surface area contributed by atoms with Gasteiger partial charge >= 0.3 is 0 Å². The standard InChI is InChI=1S/C9H15N3/c1-6(2)12-5-7(3)9(10)11-8(12)4/h5-6H,4H2,1-3H3,(H2,10,11). The van der Waals surface area contributed by atoms with Gasteiger partial charge in [0.25, 0.3) is 0 Å². The van der Waals surface area contributed by atoms with Crippen molar-refractivity contribution in [1.82, 2.24) is 4.90 Å². The predicted octanol–water partition coefficient (Wildman–Crippen LogP) is 1.44. The van der Waals surface area contributed by atoms with Crippen molar-refractivity contribution in [2.45, 2.75) is 26.8 Å². The minimum Gasteiger partial charge on any atom is -0.383 e. The van der Waals surface area contributed by atoms with Gasteiger partial charge in [-0.2, -0.15) is 0 Å². The van der Waals surface area contributed by atoms with E-state index < -0.39 is 0 Å². The second-order valence-electron chi connectivity index (χ2n) is 3.23. The number of hydrogen-bond donors (Lipinski definition) is 1. The molecule has 1 heterocycles. The average Bonchev–Trinajstić information content (AvgIpc) is 1.96. The molecule has 0 aromatic carbocycles. The van der Waals surface area contributed by atoms with Crippen molar-refractivity contribution in [3.8, 4) is 0 Å². The lowest BCUT2D eigenvalue weighted by Gasteiger charge is -2.28. The van der Waals surface area contributed by atoms with E-state index in [-0.39, 0.29) is 0 Å². The van der Waals surface area contributed by atoms with Crippen LogP contribution in [-0.4, -0.2) is 16.8 Å². The van der Waals surface area contributed by atoms with Crippen molar-refractivity contribution in [3.63, 3.8) is 0 Å². The Balaban J connectivity index is 2.92. The Bertz CT molecular complexity index is 261. The zero-order chi connectivity index (χ0) is 9.30. The Hall–Kier alpha value is -1.25. The molecule has 12 heavy (non-hydrogen) atoms. The smallest absolute Gasteiger partial charge is 0.130 e. The third kappa shape index (κ3) is 1.49. The molecule has 2 N–H and O–H groups in total. The third-order valence-electron chi connectivity index (χ3n) is 1.84. The number of aliphatic imine (C=N–C) groups is 1. The zero-order valence-electron chi connectivity index (χ0n) is 7.83. The van der Waals surface area contributed by atoms with Crippen LogP contribution in [0.1, 0.15) is 20.8 Å². The zero-order valence-corrected chi connectivity index (χ0v) is 7.83. The average molecular weight is 165 g/mol. The molecule has 3 heteroatoms. The van der Waals surface area contributed by atoms with E-state index in [0.717, 1.165) is 5.57 Å². The van der Waals surface area contributed by atoms with Crippen LogP contribution in [0.3, 0.4) is 0 Å². The van der Waals surface area contributed by atoms with Crippen LogP contribution in [0.25, 0.3) is 0 Å². The molecule has 0 aliphatic carbocycles. The molecule has 1 aliphatic heterocycles. The molecule has 0 saturated heterocycles. The van der Waals surface area contributed by atoms with Crippen LogP contribution >= 0.6 is 0 Å². The number of rotatable bonds is 1. The van der Waals surface area contributed by atoms with E-state index in [4.69, 9.17) is 5.73 Å². The fourth-order valence-electron chi connectivity index (χ4n) is 1.08. The number of nitrogens with zero attached hydrogens (tertiary/aromatic N) is 2. The van der Waals surface area contributed by atoms with E-state index >= 15 is 0 Å². The molecule has 0 aromatic heterocycles. The van der Waals surface area contributed by atoms with Crippen LogP contribution in [0.2, 0.25) is 0 Å². The first-order valence-electron chi connectivity index (χ1n) is 4.02. The normalized spacial score (nSPS) is 18.0. The Kier molecular flexibility index (Phi) is 2.22. The van der Waals surface area contributed by atoms with E-state index in [0.29, 0.717) is 17.7 Å². The Morgan fingerprint density at radius 2 is 2.17 bits per heavy atom. The van der Waals surface area contributed by atoms with E-state index in [1.54, 1.807) is 0 Å². The molecular formula is C9H15N3. The van der Waals surface area contributed by atoms with E-state index in [1.165, 1.54) is 0 Å². The first kappa shape index (κ1) is 8.84. The molecule has 0 bridgehead atoms. The van der Waals surface area contributed by atoms with Gasteiger partial charge in [0.05, 0.1) is 0 Å². The van der Waals surface area contributed by atoms with Crippen LogP contribution in [0.15, 0.2) is 29.2 Å². The van der Waals surface area contributed by atoms with Gasteiger partial charge in [-0.15, -0.1) is 0 Å². The van der Waals surface area contributed by atoms with E-state index in [9.17, 15) is 0 Å². The maximum Gasteiger partial charge on any atom is 0.130 e. The lowest BCUT2D eigenvalue weighted by Crippen LogP contribution is -2.30. The molecule has 66 valence electrons. The molecule has 0 spiro atoms. The monoisotopic (exact) mass is 165 g/mol. The summed E-state index contributed by atoms with van der Waals surface area (Å²) in [5, 5.41) is 0. The van der Waals surface area contributed by atoms with E-state index in [2.05, 4.69) is 25.4 Å². The molecule has 0 fully saturated rings. The Morgan fingerprint density at radius 1 is 1.58 bits per heavy atom. The second-order valence-corrected chi connectivity index (χ2v) is 3.23. The van der Waals surface area contributed by atoms with Crippen LogP contribution in [0.4, 0.5) is 0 Å². The highest BCUT2D eigenvalue weighted by Gasteiger charge is 2.14.